The molecule has 1 fully saturated rings. The molecule has 4 rings (SSSR count). The second-order valence-electron chi connectivity index (χ2n) is 8.96. The van der Waals surface area contributed by atoms with Crippen LogP contribution >= 0.6 is 0 Å². The summed E-state index contributed by atoms with van der Waals surface area (Å²) in [7, 11) is 0. The summed E-state index contributed by atoms with van der Waals surface area (Å²) in [5.41, 5.74) is 4.50. The first-order valence-electron chi connectivity index (χ1n) is 10.2. The number of aliphatic hydroxyl groups is 1. The minimum Gasteiger partial charge on any atom is -0.393 e. The monoisotopic (exact) mass is 382 g/mol. The topological polar surface area (TPSA) is 87.1 Å². The maximum absolute atomic E-state index is 9.77. The molecular weight excluding hydrogens is 352 g/mol. The Morgan fingerprint density at radius 2 is 1.89 bits per heavy atom. The van der Waals surface area contributed by atoms with Crippen molar-refractivity contribution in [2.45, 2.75) is 65.5 Å². The van der Waals surface area contributed by atoms with Gasteiger partial charge in [-0.05, 0) is 44.9 Å². The molecule has 0 saturated carbocycles. The van der Waals surface area contributed by atoms with Gasteiger partial charge in [-0.15, -0.1) is 0 Å². The largest absolute Gasteiger partial charge is 0.393 e. The van der Waals surface area contributed by atoms with Gasteiger partial charge in [-0.1, -0.05) is 13.8 Å². The van der Waals surface area contributed by atoms with E-state index in [0.717, 1.165) is 73.1 Å². The van der Waals surface area contributed by atoms with E-state index >= 15 is 0 Å². The molecule has 7 heteroatoms. The zero-order valence-electron chi connectivity index (χ0n) is 17.2. The third kappa shape index (κ3) is 3.81. The van der Waals surface area contributed by atoms with Crippen LogP contribution in [0.25, 0.3) is 0 Å². The maximum atomic E-state index is 9.77. The van der Waals surface area contributed by atoms with Gasteiger partial charge in [0.1, 0.15) is 12.1 Å². The van der Waals surface area contributed by atoms with Gasteiger partial charge in [0.25, 0.3) is 0 Å². The average molecular weight is 383 g/mol. The molecule has 2 aliphatic rings. The van der Waals surface area contributed by atoms with Crippen molar-refractivity contribution in [2.75, 3.05) is 23.3 Å². The molecule has 3 heterocycles. The SMILES string of the molecule is Cc1ncnc(N[C@@H]2CC(C)(C)Cc3nc(N4CCC(O)CC4)ncc32)c1C. The summed E-state index contributed by atoms with van der Waals surface area (Å²) in [5.74, 6) is 1.67. The fourth-order valence-corrected chi connectivity index (χ4v) is 4.23. The van der Waals surface area contributed by atoms with Crippen LogP contribution in [-0.4, -0.2) is 44.2 Å². The highest BCUT2D eigenvalue weighted by Crippen LogP contribution is 2.42. The zero-order chi connectivity index (χ0) is 19.9. The van der Waals surface area contributed by atoms with Gasteiger partial charge >= 0.3 is 0 Å². The molecule has 0 bridgehead atoms. The molecule has 0 amide bonds. The molecule has 1 aliphatic heterocycles. The predicted molar refractivity (Wildman–Crippen MR) is 109 cm³/mol. The van der Waals surface area contributed by atoms with E-state index in [1.54, 1.807) is 6.33 Å². The third-order valence-electron chi connectivity index (χ3n) is 6.06. The number of rotatable bonds is 3. The van der Waals surface area contributed by atoms with Crippen LogP contribution in [0, 0.1) is 19.3 Å². The molecular formula is C21H30N6O. The number of aliphatic hydroxyl groups excluding tert-OH is 1. The molecule has 2 aromatic heterocycles. The van der Waals surface area contributed by atoms with Gasteiger partial charge in [-0.25, -0.2) is 19.9 Å². The Bertz CT molecular complexity index is 860. The lowest BCUT2D eigenvalue weighted by atomic mass is 9.74. The van der Waals surface area contributed by atoms with Gasteiger partial charge in [0.2, 0.25) is 5.95 Å². The fraction of sp³-hybridized carbons (Fsp3) is 0.619. The molecule has 1 atom stereocenters. The number of hydrogen-bond acceptors (Lipinski definition) is 7. The summed E-state index contributed by atoms with van der Waals surface area (Å²) in [4.78, 5) is 20.6. The van der Waals surface area contributed by atoms with Crippen LogP contribution in [0.4, 0.5) is 11.8 Å². The standard InChI is InChI=1S/C21H30N6O/c1-13-14(2)23-12-24-19(13)25-17-9-21(3,4)10-18-16(17)11-22-20(26-18)27-7-5-15(28)6-8-27/h11-12,15,17,28H,5-10H2,1-4H3,(H,23,24,25)/t17-/m1/s1. The Morgan fingerprint density at radius 3 is 2.64 bits per heavy atom. The fourth-order valence-electron chi connectivity index (χ4n) is 4.23. The van der Waals surface area contributed by atoms with Crippen molar-refractivity contribution in [1.29, 1.82) is 0 Å². The van der Waals surface area contributed by atoms with Gasteiger partial charge in [0, 0.05) is 36.1 Å². The lowest BCUT2D eigenvalue weighted by molar-refractivity contribution is 0.145. The Balaban J connectivity index is 1.63. The number of piperidine rings is 1. The molecule has 0 aromatic carbocycles. The minimum absolute atomic E-state index is 0.129. The lowest BCUT2D eigenvalue weighted by Gasteiger charge is -2.37. The van der Waals surface area contributed by atoms with Crippen LogP contribution in [0.15, 0.2) is 12.5 Å². The van der Waals surface area contributed by atoms with Crippen molar-refractivity contribution >= 4 is 11.8 Å². The number of nitrogens with one attached hydrogen (secondary N) is 1. The molecule has 1 aliphatic carbocycles. The van der Waals surface area contributed by atoms with E-state index in [1.165, 1.54) is 0 Å². The average Bonchev–Trinajstić information content (AvgIpc) is 2.64. The van der Waals surface area contributed by atoms with Crippen LogP contribution in [0.3, 0.4) is 0 Å². The molecule has 2 aromatic rings. The van der Waals surface area contributed by atoms with Gasteiger partial charge in [0.15, 0.2) is 0 Å². The summed E-state index contributed by atoms with van der Waals surface area (Å²) in [6.07, 6.45) is 6.91. The second-order valence-corrected chi connectivity index (χ2v) is 8.96. The van der Waals surface area contributed by atoms with Gasteiger partial charge in [-0.3, -0.25) is 0 Å². The van der Waals surface area contributed by atoms with Crippen molar-refractivity contribution < 1.29 is 5.11 Å². The summed E-state index contributed by atoms with van der Waals surface area (Å²) in [5, 5.41) is 13.4. The first-order chi connectivity index (χ1) is 13.3. The van der Waals surface area contributed by atoms with Crippen molar-refractivity contribution in [2.24, 2.45) is 5.41 Å². The van der Waals surface area contributed by atoms with E-state index in [-0.39, 0.29) is 17.6 Å². The van der Waals surface area contributed by atoms with E-state index in [9.17, 15) is 5.11 Å². The number of aromatic nitrogens is 4. The number of hydrogen-bond donors (Lipinski definition) is 2. The van der Waals surface area contributed by atoms with Crippen molar-refractivity contribution in [1.82, 2.24) is 19.9 Å². The Morgan fingerprint density at radius 1 is 1.14 bits per heavy atom. The lowest BCUT2D eigenvalue weighted by Crippen LogP contribution is -2.38. The quantitative estimate of drug-likeness (QED) is 0.844. The molecule has 150 valence electrons. The first kappa shape index (κ1) is 19.1. The molecule has 7 nitrogen and oxygen atoms in total. The van der Waals surface area contributed by atoms with Crippen LogP contribution in [-0.2, 0) is 6.42 Å². The highest BCUT2D eigenvalue weighted by atomic mass is 16.3. The van der Waals surface area contributed by atoms with Gasteiger partial charge < -0.3 is 15.3 Å². The molecule has 28 heavy (non-hydrogen) atoms. The third-order valence-corrected chi connectivity index (χ3v) is 6.06. The normalized spacial score (nSPS) is 22.0. The van der Waals surface area contributed by atoms with Crippen LogP contribution in [0.2, 0.25) is 0 Å². The zero-order valence-corrected chi connectivity index (χ0v) is 17.2. The van der Waals surface area contributed by atoms with Crippen LogP contribution < -0.4 is 10.2 Å². The first-order valence-corrected chi connectivity index (χ1v) is 10.2. The predicted octanol–water partition coefficient (Wildman–Crippen LogP) is 2.97. The van der Waals surface area contributed by atoms with Gasteiger partial charge in [-0.2, -0.15) is 0 Å². The molecule has 0 unspecified atom stereocenters. The maximum Gasteiger partial charge on any atom is 0.225 e. The molecule has 0 radical (unpaired) electrons. The molecule has 1 saturated heterocycles. The summed E-state index contributed by atoms with van der Waals surface area (Å²) >= 11 is 0. The second kappa shape index (κ2) is 7.28. The summed E-state index contributed by atoms with van der Waals surface area (Å²) in [6.45, 7) is 10.3. The van der Waals surface area contributed by atoms with Crippen molar-refractivity contribution in [3.63, 3.8) is 0 Å². The highest BCUT2D eigenvalue weighted by Gasteiger charge is 2.34. The summed E-state index contributed by atoms with van der Waals surface area (Å²) < 4.78 is 0. The van der Waals surface area contributed by atoms with Gasteiger partial charge in [0.05, 0.1) is 17.8 Å². The van der Waals surface area contributed by atoms with E-state index in [2.05, 4.69) is 45.9 Å². The number of anilines is 2. The van der Waals surface area contributed by atoms with E-state index < -0.39 is 0 Å². The van der Waals surface area contributed by atoms with E-state index in [4.69, 9.17) is 4.98 Å². The number of nitrogens with zero attached hydrogens (tertiary/aromatic N) is 5. The van der Waals surface area contributed by atoms with Crippen molar-refractivity contribution in [3.05, 3.63) is 35.0 Å². The number of fused-ring (bicyclic) bond motifs is 1. The highest BCUT2D eigenvalue weighted by molar-refractivity contribution is 5.48. The number of aryl methyl sites for hydroxylation is 1. The Kier molecular flexibility index (Phi) is 4.95. The van der Waals surface area contributed by atoms with E-state index in [1.807, 2.05) is 13.1 Å². The van der Waals surface area contributed by atoms with Crippen molar-refractivity contribution in [3.8, 4) is 0 Å². The smallest absolute Gasteiger partial charge is 0.225 e. The minimum atomic E-state index is -0.194. The van der Waals surface area contributed by atoms with E-state index in [0.29, 0.717) is 0 Å². The van der Waals surface area contributed by atoms with Crippen LogP contribution in [0.1, 0.15) is 61.7 Å². The Hall–Kier alpha value is -2.28. The molecule has 2 N–H and O–H groups in total. The van der Waals surface area contributed by atoms with Crippen LogP contribution in [0.5, 0.6) is 0 Å². The molecule has 0 spiro atoms. The summed E-state index contributed by atoms with van der Waals surface area (Å²) in [6, 6.07) is 0.129. The Labute approximate surface area is 166 Å².